The lowest BCUT2D eigenvalue weighted by Crippen LogP contribution is -2.06. The molecule has 0 radical (unpaired) electrons. The number of carbonyl (C=O) groups excluding carboxylic acids is 1. The molecule has 26 heavy (non-hydrogen) atoms. The van der Waals surface area contributed by atoms with Crippen molar-refractivity contribution in [3.8, 4) is 16.9 Å². The van der Waals surface area contributed by atoms with E-state index in [0.29, 0.717) is 21.8 Å². The minimum absolute atomic E-state index is 0.117. The van der Waals surface area contributed by atoms with Gasteiger partial charge in [-0.25, -0.2) is 0 Å². The van der Waals surface area contributed by atoms with Crippen molar-refractivity contribution in [3.05, 3.63) is 93.7 Å². The first-order chi connectivity index (χ1) is 12.6. The zero-order chi connectivity index (χ0) is 18.3. The van der Waals surface area contributed by atoms with Crippen LogP contribution in [0.2, 0.25) is 5.02 Å². The maximum absolute atomic E-state index is 13.3. The van der Waals surface area contributed by atoms with Crippen molar-refractivity contribution in [3.63, 3.8) is 0 Å². The van der Waals surface area contributed by atoms with Gasteiger partial charge in [0.1, 0.15) is 11.4 Å². The van der Waals surface area contributed by atoms with E-state index in [9.17, 15) is 9.90 Å². The summed E-state index contributed by atoms with van der Waals surface area (Å²) in [6.07, 6.45) is 1.83. The van der Waals surface area contributed by atoms with Gasteiger partial charge in [-0.3, -0.25) is 4.79 Å². The maximum Gasteiger partial charge on any atom is 0.210 e. The molecule has 2 aromatic heterocycles. The molecule has 0 atom stereocenters. The molecule has 0 fully saturated rings. The number of aromatic hydroxyl groups is 1. The Bertz CT molecular complexity index is 1130. The van der Waals surface area contributed by atoms with E-state index in [1.807, 2.05) is 53.1 Å². The van der Waals surface area contributed by atoms with Gasteiger partial charge < -0.3 is 9.51 Å². The van der Waals surface area contributed by atoms with Crippen molar-refractivity contribution in [1.82, 2.24) is 4.40 Å². The molecule has 0 unspecified atom stereocenters. The van der Waals surface area contributed by atoms with E-state index in [0.717, 1.165) is 15.6 Å². The van der Waals surface area contributed by atoms with Crippen LogP contribution in [0.1, 0.15) is 16.1 Å². The zero-order valence-corrected chi connectivity index (χ0v) is 15.8. The fourth-order valence-electron chi connectivity index (χ4n) is 3.05. The van der Waals surface area contributed by atoms with E-state index in [1.165, 1.54) is 12.1 Å². The molecule has 5 heteroatoms. The number of nitrogens with zero attached hydrogens (tertiary/aromatic N) is 1. The van der Waals surface area contributed by atoms with Crippen LogP contribution in [0.4, 0.5) is 0 Å². The highest BCUT2D eigenvalue weighted by Gasteiger charge is 2.24. The molecule has 4 rings (SSSR count). The molecule has 0 aliphatic heterocycles. The summed E-state index contributed by atoms with van der Waals surface area (Å²) >= 11 is 10.2. The summed E-state index contributed by atoms with van der Waals surface area (Å²) in [5.74, 6) is -0.0418. The number of rotatable bonds is 3. The fourth-order valence-corrected chi connectivity index (χ4v) is 3.80. The van der Waals surface area contributed by atoms with E-state index >= 15 is 0 Å². The topological polar surface area (TPSA) is 41.7 Å². The van der Waals surface area contributed by atoms with E-state index in [2.05, 4.69) is 15.9 Å². The van der Waals surface area contributed by atoms with Gasteiger partial charge in [-0.2, -0.15) is 0 Å². The number of fused-ring (bicyclic) bond motifs is 1. The molecule has 0 spiro atoms. The molecule has 0 aliphatic carbocycles. The van der Waals surface area contributed by atoms with Crippen LogP contribution < -0.4 is 0 Å². The number of phenols is 1. The summed E-state index contributed by atoms with van der Waals surface area (Å²) in [5, 5.41) is 10.0. The van der Waals surface area contributed by atoms with Crippen LogP contribution >= 0.6 is 27.5 Å². The van der Waals surface area contributed by atoms with Crippen molar-refractivity contribution in [2.75, 3.05) is 0 Å². The van der Waals surface area contributed by atoms with Gasteiger partial charge in [0.25, 0.3) is 0 Å². The highest BCUT2D eigenvalue weighted by Crippen LogP contribution is 2.38. The molecule has 128 valence electrons. The number of carbonyl (C=O) groups is 1. The van der Waals surface area contributed by atoms with Crippen LogP contribution in [-0.2, 0) is 0 Å². The summed E-state index contributed by atoms with van der Waals surface area (Å²) < 4.78 is 2.72. The highest BCUT2D eigenvalue weighted by atomic mass is 79.9. The third-order valence-electron chi connectivity index (χ3n) is 4.24. The van der Waals surface area contributed by atoms with Crippen LogP contribution in [0.15, 0.2) is 77.4 Å². The van der Waals surface area contributed by atoms with Crippen molar-refractivity contribution >= 4 is 38.8 Å². The van der Waals surface area contributed by atoms with Crippen molar-refractivity contribution in [2.45, 2.75) is 0 Å². The quantitative estimate of drug-likeness (QED) is 0.411. The van der Waals surface area contributed by atoms with Crippen LogP contribution in [0.3, 0.4) is 0 Å². The SMILES string of the molecule is O=C(c1ccc(O)cc1)c1c(-c2cccc(Br)c2)c(Cl)c2ccccn12. The first-order valence-corrected chi connectivity index (χ1v) is 9.11. The molecule has 4 aromatic rings. The number of aromatic nitrogens is 1. The first kappa shape index (κ1) is 16.9. The van der Waals surface area contributed by atoms with E-state index in [4.69, 9.17) is 11.6 Å². The number of hydrogen-bond donors (Lipinski definition) is 1. The zero-order valence-electron chi connectivity index (χ0n) is 13.5. The second kappa shape index (κ2) is 6.63. The third-order valence-corrected chi connectivity index (χ3v) is 5.12. The van der Waals surface area contributed by atoms with Gasteiger partial charge in [0, 0.05) is 21.8 Å². The molecule has 2 aromatic carbocycles. The summed E-state index contributed by atoms with van der Waals surface area (Å²) in [6, 6.07) is 19.6. The van der Waals surface area contributed by atoms with Crippen molar-refractivity contribution < 1.29 is 9.90 Å². The molecule has 1 N–H and O–H groups in total. The Morgan fingerprint density at radius 3 is 2.50 bits per heavy atom. The van der Waals surface area contributed by atoms with Gasteiger partial charge in [-0.1, -0.05) is 45.7 Å². The molecular formula is C21H13BrClNO2. The summed E-state index contributed by atoms with van der Waals surface area (Å²) in [5.41, 5.74) is 3.30. The second-order valence-corrected chi connectivity index (χ2v) is 7.17. The number of halogens is 2. The molecule has 0 bridgehead atoms. The van der Waals surface area contributed by atoms with Crippen LogP contribution in [0.25, 0.3) is 16.6 Å². The summed E-state index contributed by atoms with van der Waals surface area (Å²) in [4.78, 5) is 13.3. The third kappa shape index (κ3) is 2.81. The number of benzene rings is 2. The number of hydrogen-bond acceptors (Lipinski definition) is 2. The van der Waals surface area contributed by atoms with Crippen LogP contribution in [0, 0.1) is 0 Å². The minimum atomic E-state index is -0.159. The van der Waals surface area contributed by atoms with Gasteiger partial charge in [-0.15, -0.1) is 0 Å². The molecule has 2 heterocycles. The Morgan fingerprint density at radius 1 is 1.00 bits per heavy atom. The fraction of sp³-hybridized carbons (Fsp3) is 0. The van der Waals surface area contributed by atoms with Crippen molar-refractivity contribution in [1.29, 1.82) is 0 Å². The summed E-state index contributed by atoms with van der Waals surface area (Å²) in [7, 11) is 0. The predicted molar refractivity (Wildman–Crippen MR) is 107 cm³/mol. The molecule has 0 saturated heterocycles. The molecule has 0 saturated carbocycles. The van der Waals surface area contributed by atoms with Crippen molar-refractivity contribution in [2.24, 2.45) is 0 Å². The Kier molecular flexibility index (Phi) is 4.31. The van der Waals surface area contributed by atoms with Crippen LogP contribution in [0.5, 0.6) is 5.75 Å². The smallest absolute Gasteiger partial charge is 0.210 e. The number of pyridine rings is 1. The Morgan fingerprint density at radius 2 is 1.77 bits per heavy atom. The predicted octanol–water partition coefficient (Wildman–Crippen LogP) is 5.96. The average molecular weight is 427 g/mol. The van der Waals surface area contributed by atoms with Gasteiger partial charge in [0.15, 0.2) is 0 Å². The van der Waals surface area contributed by atoms with Gasteiger partial charge in [0.2, 0.25) is 5.78 Å². The van der Waals surface area contributed by atoms with Gasteiger partial charge >= 0.3 is 0 Å². The average Bonchev–Trinajstić information content (AvgIpc) is 2.95. The van der Waals surface area contributed by atoms with E-state index in [1.54, 1.807) is 12.1 Å². The number of ketones is 1. The molecule has 3 nitrogen and oxygen atoms in total. The standard InChI is InChI=1S/C21H13BrClNO2/c22-15-5-3-4-14(12-15)18-19(23)17-6-1-2-11-24(17)20(18)21(26)13-7-9-16(25)10-8-13/h1-12,25H. The van der Waals surface area contributed by atoms with Gasteiger partial charge in [-0.05, 0) is 54.1 Å². The largest absolute Gasteiger partial charge is 0.508 e. The minimum Gasteiger partial charge on any atom is -0.508 e. The van der Waals surface area contributed by atoms with E-state index in [-0.39, 0.29) is 11.5 Å². The van der Waals surface area contributed by atoms with E-state index < -0.39 is 0 Å². The molecular weight excluding hydrogens is 414 g/mol. The lowest BCUT2D eigenvalue weighted by atomic mass is 10.00. The molecule has 0 aliphatic rings. The first-order valence-electron chi connectivity index (χ1n) is 7.94. The summed E-state index contributed by atoms with van der Waals surface area (Å²) in [6.45, 7) is 0. The Hall–Kier alpha value is -2.56. The lowest BCUT2D eigenvalue weighted by Gasteiger charge is -2.07. The number of phenolic OH excluding ortho intramolecular Hbond substituents is 1. The highest BCUT2D eigenvalue weighted by molar-refractivity contribution is 9.10. The van der Waals surface area contributed by atoms with Crippen LogP contribution in [-0.4, -0.2) is 15.3 Å². The second-order valence-electron chi connectivity index (χ2n) is 5.88. The Labute approximate surface area is 163 Å². The monoisotopic (exact) mass is 425 g/mol. The molecule has 0 amide bonds. The Balaban J connectivity index is 2.02. The maximum atomic E-state index is 13.3. The normalized spacial score (nSPS) is 11.0. The van der Waals surface area contributed by atoms with Gasteiger partial charge in [0.05, 0.1) is 10.5 Å². The lowest BCUT2D eigenvalue weighted by molar-refractivity contribution is 0.103.